The van der Waals surface area contributed by atoms with Crippen molar-refractivity contribution < 1.29 is 4.39 Å². The standard InChI is InChI=1S/C15H16FN3/c1-10-6-13(11(2)19(10)3)9-18-15-5-4-14(16)7-12(15)8-17/h4-7,18H,9H2,1-3H3. The van der Waals surface area contributed by atoms with Crippen molar-refractivity contribution in [2.75, 3.05) is 5.32 Å². The topological polar surface area (TPSA) is 40.8 Å². The Labute approximate surface area is 112 Å². The summed E-state index contributed by atoms with van der Waals surface area (Å²) < 4.78 is 15.2. The molecule has 3 nitrogen and oxygen atoms in total. The van der Waals surface area contributed by atoms with Crippen LogP contribution < -0.4 is 5.32 Å². The minimum Gasteiger partial charge on any atom is -0.380 e. The van der Waals surface area contributed by atoms with Gasteiger partial charge >= 0.3 is 0 Å². The minimum atomic E-state index is -0.395. The summed E-state index contributed by atoms with van der Waals surface area (Å²) in [5, 5.41) is 12.2. The first-order valence-corrected chi connectivity index (χ1v) is 6.08. The van der Waals surface area contributed by atoms with Crippen LogP contribution in [0.25, 0.3) is 0 Å². The number of halogens is 1. The van der Waals surface area contributed by atoms with Gasteiger partial charge in [-0.1, -0.05) is 0 Å². The summed E-state index contributed by atoms with van der Waals surface area (Å²) in [5.74, 6) is -0.395. The van der Waals surface area contributed by atoms with Crippen LogP contribution in [0.15, 0.2) is 24.3 Å². The molecule has 0 aliphatic rings. The summed E-state index contributed by atoms with van der Waals surface area (Å²) in [4.78, 5) is 0. The molecule has 0 amide bonds. The van der Waals surface area contributed by atoms with Crippen LogP contribution in [0.4, 0.5) is 10.1 Å². The second-order valence-corrected chi connectivity index (χ2v) is 4.61. The summed E-state index contributed by atoms with van der Waals surface area (Å²) >= 11 is 0. The summed E-state index contributed by atoms with van der Waals surface area (Å²) in [5.41, 5.74) is 4.53. The fourth-order valence-corrected chi connectivity index (χ4v) is 2.07. The Morgan fingerprint density at radius 1 is 1.32 bits per heavy atom. The molecular formula is C15H16FN3. The van der Waals surface area contributed by atoms with Gasteiger partial charge in [0.25, 0.3) is 0 Å². The molecule has 2 rings (SSSR count). The fourth-order valence-electron chi connectivity index (χ4n) is 2.07. The van der Waals surface area contributed by atoms with E-state index in [0.717, 1.165) is 0 Å². The van der Waals surface area contributed by atoms with Gasteiger partial charge in [-0.15, -0.1) is 0 Å². The first-order valence-electron chi connectivity index (χ1n) is 6.08. The first kappa shape index (κ1) is 13.2. The molecular weight excluding hydrogens is 241 g/mol. The Kier molecular flexibility index (Phi) is 3.57. The largest absolute Gasteiger partial charge is 0.380 e. The van der Waals surface area contributed by atoms with Crippen molar-refractivity contribution in [3.05, 3.63) is 52.6 Å². The van der Waals surface area contributed by atoms with Crippen LogP contribution in [0, 0.1) is 31.0 Å². The van der Waals surface area contributed by atoms with Crippen molar-refractivity contribution in [2.45, 2.75) is 20.4 Å². The predicted molar refractivity (Wildman–Crippen MR) is 73.3 cm³/mol. The maximum atomic E-state index is 13.0. The van der Waals surface area contributed by atoms with Crippen LogP contribution in [0.2, 0.25) is 0 Å². The highest BCUT2D eigenvalue weighted by Gasteiger charge is 2.07. The van der Waals surface area contributed by atoms with Crippen molar-refractivity contribution >= 4 is 5.69 Å². The van der Waals surface area contributed by atoms with Gasteiger partial charge in [-0.3, -0.25) is 0 Å². The molecule has 0 saturated carbocycles. The molecule has 0 spiro atoms. The molecule has 1 heterocycles. The van der Waals surface area contributed by atoms with E-state index in [2.05, 4.69) is 29.8 Å². The molecule has 0 saturated heterocycles. The zero-order valence-corrected chi connectivity index (χ0v) is 11.3. The minimum absolute atomic E-state index is 0.324. The second-order valence-electron chi connectivity index (χ2n) is 4.61. The average molecular weight is 257 g/mol. The normalized spacial score (nSPS) is 10.3. The maximum Gasteiger partial charge on any atom is 0.124 e. The number of nitrogens with zero attached hydrogens (tertiary/aromatic N) is 2. The molecule has 1 aromatic carbocycles. The number of nitrogens with one attached hydrogen (secondary N) is 1. The smallest absolute Gasteiger partial charge is 0.124 e. The molecule has 19 heavy (non-hydrogen) atoms. The van der Waals surface area contributed by atoms with Crippen molar-refractivity contribution in [3.8, 4) is 6.07 Å². The summed E-state index contributed by atoms with van der Waals surface area (Å²) in [7, 11) is 2.02. The van der Waals surface area contributed by atoms with Gasteiger partial charge < -0.3 is 9.88 Å². The Balaban J connectivity index is 2.19. The molecule has 2 aromatic rings. The first-order chi connectivity index (χ1) is 9.02. The monoisotopic (exact) mass is 257 g/mol. The predicted octanol–water partition coefficient (Wildman–Crippen LogP) is 3.26. The third kappa shape index (κ3) is 2.60. The van der Waals surface area contributed by atoms with E-state index in [9.17, 15) is 4.39 Å². The maximum absolute atomic E-state index is 13.0. The van der Waals surface area contributed by atoms with Gasteiger partial charge in [0.2, 0.25) is 0 Å². The third-order valence-electron chi connectivity index (χ3n) is 3.45. The van der Waals surface area contributed by atoms with Crippen LogP contribution in [0.5, 0.6) is 0 Å². The SMILES string of the molecule is Cc1cc(CNc2ccc(F)cc2C#N)c(C)n1C. The molecule has 0 aliphatic carbocycles. The lowest BCUT2D eigenvalue weighted by atomic mass is 10.1. The van der Waals surface area contributed by atoms with E-state index >= 15 is 0 Å². The average Bonchev–Trinajstić information content (AvgIpc) is 2.64. The van der Waals surface area contributed by atoms with Crippen LogP contribution in [-0.4, -0.2) is 4.57 Å². The molecule has 0 aliphatic heterocycles. The van der Waals surface area contributed by atoms with Crippen LogP contribution in [-0.2, 0) is 13.6 Å². The van der Waals surface area contributed by atoms with Gasteiger partial charge in [-0.05, 0) is 43.7 Å². The van der Waals surface area contributed by atoms with E-state index in [4.69, 9.17) is 5.26 Å². The number of rotatable bonds is 3. The molecule has 0 unspecified atom stereocenters. The Hall–Kier alpha value is -2.28. The zero-order chi connectivity index (χ0) is 14.0. The van der Waals surface area contributed by atoms with E-state index in [1.54, 1.807) is 6.07 Å². The number of hydrogen-bond acceptors (Lipinski definition) is 2. The third-order valence-corrected chi connectivity index (χ3v) is 3.45. The lowest BCUT2D eigenvalue weighted by Crippen LogP contribution is -2.03. The van der Waals surface area contributed by atoms with Gasteiger partial charge in [0.05, 0.1) is 11.3 Å². The van der Waals surface area contributed by atoms with Gasteiger partial charge in [0, 0.05) is 25.0 Å². The van der Waals surface area contributed by atoms with E-state index in [1.165, 1.54) is 29.1 Å². The number of nitriles is 1. The van der Waals surface area contributed by atoms with Crippen molar-refractivity contribution in [1.82, 2.24) is 4.57 Å². The molecule has 1 aromatic heterocycles. The molecule has 4 heteroatoms. The Morgan fingerprint density at radius 3 is 2.63 bits per heavy atom. The highest BCUT2D eigenvalue weighted by Crippen LogP contribution is 2.19. The molecule has 0 bridgehead atoms. The van der Waals surface area contributed by atoms with E-state index in [1.807, 2.05) is 13.1 Å². The number of aryl methyl sites for hydroxylation is 1. The van der Waals surface area contributed by atoms with Gasteiger partial charge in [-0.2, -0.15) is 5.26 Å². The number of benzene rings is 1. The Morgan fingerprint density at radius 2 is 2.05 bits per heavy atom. The molecule has 1 N–H and O–H groups in total. The van der Waals surface area contributed by atoms with Gasteiger partial charge in [0.1, 0.15) is 11.9 Å². The van der Waals surface area contributed by atoms with E-state index in [0.29, 0.717) is 17.8 Å². The summed E-state index contributed by atoms with van der Waals surface area (Å²) in [6.45, 7) is 4.73. The summed E-state index contributed by atoms with van der Waals surface area (Å²) in [6, 6.07) is 8.30. The zero-order valence-electron chi connectivity index (χ0n) is 11.3. The van der Waals surface area contributed by atoms with Crippen LogP contribution >= 0.6 is 0 Å². The number of hydrogen-bond donors (Lipinski definition) is 1. The number of anilines is 1. The van der Waals surface area contributed by atoms with Crippen molar-refractivity contribution in [3.63, 3.8) is 0 Å². The molecule has 0 fully saturated rings. The van der Waals surface area contributed by atoms with Gasteiger partial charge in [-0.25, -0.2) is 4.39 Å². The van der Waals surface area contributed by atoms with Gasteiger partial charge in [0.15, 0.2) is 0 Å². The molecule has 0 atom stereocenters. The quantitative estimate of drug-likeness (QED) is 0.916. The highest BCUT2D eigenvalue weighted by molar-refractivity contribution is 5.57. The van der Waals surface area contributed by atoms with E-state index < -0.39 is 5.82 Å². The van der Waals surface area contributed by atoms with Crippen LogP contribution in [0.1, 0.15) is 22.5 Å². The van der Waals surface area contributed by atoms with Crippen molar-refractivity contribution in [2.24, 2.45) is 7.05 Å². The molecule has 98 valence electrons. The molecule has 0 radical (unpaired) electrons. The van der Waals surface area contributed by atoms with E-state index in [-0.39, 0.29) is 0 Å². The second kappa shape index (κ2) is 5.15. The number of aromatic nitrogens is 1. The Bertz CT molecular complexity index is 650. The fraction of sp³-hybridized carbons (Fsp3) is 0.267. The lowest BCUT2D eigenvalue weighted by Gasteiger charge is -2.08. The van der Waals surface area contributed by atoms with Crippen LogP contribution in [0.3, 0.4) is 0 Å². The highest BCUT2D eigenvalue weighted by atomic mass is 19.1. The lowest BCUT2D eigenvalue weighted by molar-refractivity contribution is 0.627. The van der Waals surface area contributed by atoms with Crippen molar-refractivity contribution in [1.29, 1.82) is 5.26 Å². The summed E-state index contributed by atoms with van der Waals surface area (Å²) in [6.07, 6.45) is 0.